The third-order valence-corrected chi connectivity index (χ3v) is 4.59. The molecule has 0 radical (unpaired) electrons. The summed E-state index contributed by atoms with van der Waals surface area (Å²) in [5.41, 5.74) is 2.51. The smallest absolute Gasteiger partial charge is 0.231 e. The number of fused-ring (bicyclic) bond motifs is 5. The van der Waals surface area contributed by atoms with E-state index in [0.29, 0.717) is 11.6 Å². The van der Waals surface area contributed by atoms with Crippen molar-refractivity contribution < 1.29 is 14.2 Å². The first-order chi connectivity index (χ1) is 10.3. The molecule has 1 unspecified atom stereocenters. The zero-order valence-electron chi connectivity index (χ0n) is 10.9. The molecule has 1 atom stereocenters. The molecular formula is C16H10ClNO3. The van der Waals surface area contributed by atoms with Gasteiger partial charge in [0.05, 0.1) is 11.1 Å². The van der Waals surface area contributed by atoms with Gasteiger partial charge in [-0.05, 0) is 18.2 Å². The molecule has 4 nitrogen and oxygen atoms in total. The molecule has 0 saturated heterocycles. The van der Waals surface area contributed by atoms with E-state index in [9.17, 15) is 0 Å². The average molecular weight is 300 g/mol. The van der Waals surface area contributed by atoms with Crippen LogP contribution in [-0.4, -0.2) is 19.6 Å². The van der Waals surface area contributed by atoms with Gasteiger partial charge in [-0.15, -0.1) is 0 Å². The van der Waals surface area contributed by atoms with Crippen LogP contribution < -0.4 is 14.2 Å². The van der Waals surface area contributed by atoms with Crippen LogP contribution in [0.3, 0.4) is 0 Å². The summed E-state index contributed by atoms with van der Waals surface area (Å²) < 4.78 is 16.8. The summed E-state index contributed by atoms with van der Waals surface area (Å²) in [5.74, 6) is 2.27. The van der Waals surface area contributed by atoms with Gasteiger partial charge in [-0.25, -0.2) is 0 Å². The molecule has 0 saturated carbocycles. The molecule has 21 heavy (non-hydrogen) atoms. The SMILES string of the molecule is Clc1cccc2c1C1(C=N2)COc2cc3c(cc21)OCO3. The molecule has 5 heteroatoms. The molecular weight excluding hydrogens is 290 g/mol. The molecule has 0 amide bonds. The highest BCUT2D eigenvalue weighted by Gasteiger charge is 2.47. The zero-order chi connectivity index (χ0) is 14.0. The van der Waals surface area contributed by atoms with Gasteiger partial charge in [0, 0.05) is 28.4 Å². The van der Waals surface area contributed by atoms with Crippen LogP contribution in [0.15, 0.2) is 35.3 Å². The van der Waals surface area contributed by atoms with Gasteiger partial charge in [-0.2, -0.15) is 0 Å². The molecule has 2 aromatic carbocycles. The average Bonchev–Trinajstić information content (AvgIpc) is 3.17. The Balaban J connectivity index is 1.78. The minimum absolute atomic E-state index is 0.247. The minimum Gasteiger partial charge on any atom is -0.491 e. The Morgan fingerprint density at radius 2 is 1.90 bits per heavy atom. The van der Waals surface area contributed by atoms with Gasteiger partial charge in [0.15, 0.2) is 11.5 Å². The van der Waals surface area contributed by atoms with Crippen molar-refractivity contribution in [3.8, 4) is 17.2 Å². The topological polar surface area (TPSA) is 40.0 Å². The predicted molar refractivity (Wildman–Crippen MR) is 78.4 cm³/mol. The Kier molecular flexibility index (Phi) is 2.02. The number of benzene rings is 2. The molecule has 3 aliphatic heterocycles. The van der Waals surface area contributed by atoms with Crippen molar-refractivity contribution in [3.63, 3.8) is 0 Å². The van der Waals surface area contributed by atoms with Gasteiger partial charge < -0.3 is 14.2 Å². The van der Waals surface area contributed by atoms with Gasteiger partial charge in [-0.3, -0.25) is 4.99 Å². The van der Waals surface area contributed by atoms with Crippen LogP contribution in [-0.2, 0) is 5.41 Å². The minimum atomic E-state index is -0.427. The lowest BCUT2D eigenvalue weighted by molar-refractivity contribution is 0.173. The Morgan fingerprint density at radius 3 is 2.81 bits per heavy atom. The Labute approximate surface area is 125 Å². The highest BCUT2D eigenvalue weighted by Crippen LogP contribution is 2.53. The molecule has 2 aromatic rings. The number of rotatable bonds is 0. The number of aliphatic imine (C=N–C) groups is 1. The van der Waals surface area contributed by atoms with Gasteiger partial charge in [0.25, 0.3) is 0 Å². The molecule has 0 aromatic heterocycles. The van der Waals surface area contributed by atoms with E-state index in [1.807, 2.05) is 36.5 Å². The van der Waals surface area contributed by atoms with Crippen LogP contribution in [0.4, 0.5) is 5.69 Å². The second-order valence-electron chi connectivity index (χ2n) is 5.35. The van der Waals surface area contributed by atoms with Crippen LogP contribution in [0, 0.1) is 0 Å². The lowest BCUT2D eigenvalue weighted by Crippen LogP contribution is -2.29. The van der Waals surface area contributed by atoms with Gasteiger partial charge >= 0.3 is 0 Å². The summed E-state index contributed by atoms with van der Waals surface area (Å²) in [5, 5.41) is 0.708. The van der Waals surface area contributed by atoms with E-state index in [1.165, 1.54) is 0 Å². The molecule has 0 aliphatic carbocycles. The van der Waals surface area contributed by atoms with Crippen LogP contribution in [0.5, 0.6) is 17.2 Å². The van der Waals surface area contributed by atoms with Crippen molar-refractivity contribution in [2.24, 2.45) is 4.99 Å². The molecule has 3 heterocycles. The highest BCUT2D eigenvalue weighted by molar-refractivity contribution is 6.32. The largest absolute Gasteiger partial charge is 0.491 e. The fourth-order valence-corrected chi connectivity index (χ4v) is 3.62. The molecule has 0 N–H and O–H groups in total. The van der Waals surface area contributed by atoms with Crippen LogP contribution >= 0.6 is 11.6 Å². The molecule has 3 aliphatic rings. The maximum Gasteiger partial charge on any atom is 0.231 e. The quantitative estimate of drug-likeness (QED) is 0.748. The van der Waals surface area contributed by atoms with E-state index in [0.717, 1.165) is 34.1 Å². The predicted octanol–water partition coefficient (Wildman–Crippen LogP) is 3.46. The normalized spacial score (nSPS) is 23.3. The molecule has 0 bridgehead atoms. The van der Waals surface area contributed by atoms with E-state index in [4.69, 9.17) is 25.8 Å². The number of nitrogens with zero attached hydrogens (tertiary/aromatic N) is 1. The number of hydrogen-bond acceptors (Lipinski definition) is 4. The first kappa shape index (κ1) is 11.5. The standard InChI is InChI=1S/C16H10ClNO3/c17-10-2-1-3-11-15(10)16(6-18-11)7-19-12-5-14-13(4-9(12)16)20-8-21-14/h1-6H,7-8H2. The fourth-order valence-electron chi connectivity index (χ4n) is 3.28. The summed E-state index contributed by atoms with van der Waals surface area (Å²) in [6, 6.07) is 9.64. The Hall–Kier alpha value is -2.20. The highest BCUT2D eigenvalue weighted by atomic mass is 35.5. The first-order valence-electron chi connectivity index (χ1n) is 6.69. The summed E-state index contributed by atoms with van der Waals surface area (Å²) >= 11 is 6.43. The van der Waals surface area contributed by atoms with E-state index in [1.54, 1.807) is 0 Å². The third kappa shape index (κ3) is 1.33. The summed E-state index contributed by atoms with van der Waals surface area (Å²) in [4.78, 5) is 4.53. The number of halogens is 1. The number of ether oxygens (including phenoxy) is 3. The van der Waals surface area contributed by atoms with Gasteiger partial charge in [-0.1, -0.05) is 17.7 Å². The van der Waals surface area contributed by atoms with E-state index < -0.39 is 5.41 Å². The van der Waals surface area contributed by atoms with Crippen LogP contribution in [0.25, 0.3) is 0 Å². The second kappa shape index (κ2) is 3.71. The van der Waals surface area contributed by atoms with Crippen molar-refractivity contribution in [2.45, 2.75) is 5.41 Å². The maximum absolute atomic E-state index is 6.43. The fraction of sp³-hybridized carbons (Fsp3) is 0.188. The summed E-state index contributed by atoms with van der Waals surface area (Å²) in [6.45, 7) is 0.738. The van der Waals surface area contributed by atoms with E-state index in [-0.39, 0.29) is 6.79 Å². The van der Waals surface area contributed by atoms with Crippen molar-refractivity contribution in [3.05, 3.63) is 46.5 Å². The maximum atomic E-state index is 6.43. The molecule has 5 rings (SSSR count). The third-order valence-electron chi connectivity index (χ3n) is 4.27. The molecule has 0 fully saturated rings. The van der Waals surface area contributed by atoms with Crippen LogP contribution in [0.2, 0.25) is 5.02 Å². The second-order valence-corrected chi connectivity index (χ2v) is 5.76. The Morgan fingerprint density at radius 1 is 1.05 bits per heavy atom. The van der Waals surface area contributed by atoms with Crippen LogP contribution in [0.1, 0.15) is 11.1 Å². The molecule has 1 spiro atoms. The number of hydrogen-bond donors (Lipinski definition) is 0. The van der Waals surface area contributed by atoms with Crippen molar-refractivity contribution in [1.29, 1.82) is 0 Å². The lowest BCUT2D eigenvalue weighted by atomic mass is 9.78. The van der Waals surface area contributed by atoms with E-state index in [2.05, 4.69) is 4.99 Å². The Bertz CT molecular complexity index is 817. The zero-order valence-corrected chi connectivity index (χ0v) is 11.7. The van der Waals surface area contributed by atoms with E-state index >= 15 is 0 Å². The van der Waals surface area contributed by atoms with Crippen molar-refractivity contribution >= 4 is 23.5 Å². The van der Waals surface area contributed by atoms with Gasteiger partial charge in [0.2, 0.25) is 6.79 Å². The first-order valence-corrected chi connectivity index (χ1v) is 7.07. The summed E-state index contributed by atoms with van der Waals surface area (Å²) in [7, 11) is 0. The molecule has 104 valence electrons. The van der Waals surface area contributed by atoms with Crippen molar-refractivity contribution in [1.82, 2.24) is 0 Å². The lowest BCUT2D eigenvalue weighted by Gasteiger charge is -2.21. The van der Waals surface area contributed by atoms with Crippen molar-refractivity contribution in [2.75, 3.05) is 13.4 Å². The summed E-state index contributed by atoms with van der Waals surface area (Å²) in [6.07, 6.45) is 1.93. The van der Waals surface area contributed by atoms with Gasteiger partial charge in [0.1, 0.15) is 12.4 Å². The monoisotopic (exact) mass is 299 g/mol.